The van der Waals surface area contributed by atoms with Gasteiger partial charge in [-0.15, -0.1) is 0 Å². The fraction of sp³-hybridized carbons (Fsp3) is 0.360. The van der Waals surface area contributed by atoms with Crippen LogP contribution in [0, 0.1) is 5.41 Å². The lowest BCUT2D eigenvalue weighted by Gasteiger charge is -2.36. The van der Waals surface area contributed by atoms with Crippen molar-refractivity contribution in [3.8, 4) is 17.2 Å². The molecule has 0 saturated carbocycles. The highest BCUT2D eigenvalue weighted by Crippen LogP contribution is 2.44. The van der Waals surface area contributed by atoms with Crippen molar-refractivity contribution in [2.24, 2.45) is 5.41 Å². The van der Waals surface area contributed by atoms with Gasteiger partial charge in [0.1, 0.15) is 5.75 Å². The maximum Gasteiger partial charge on any atom is 0.172 e. The van der Waals surface area contributed by atoms with E-state index in [0.717, 1.165) is 42.1 Å². The van der Waals surface area contributed by atoms with Crippen LogP contribution in [0.2, 0.25) is 0 Å². The molecule has 1 saturated heterocycles. The Labute approximate surface area is 176 Å². The number of hydrogen-bond donors (Lipinski definition) is 1. The second kappa shape index (κ2) is 6.81. The van der Waals surface area contributed by atoms with Gasteiger partial charge in [-0.05, 0) is 57.3 Å². The summed E-state index contributed by atoms with van der Waals surface area (Å²) in [6.07, 6.45) is 6.86. The third kappa shape index (κ3) is 2.72. The Morgan fingerprint density at radius 2 is 1.83 bits per heavy atom. The number of fused-ring (bicyclic) bond motifs is 4. The normalized spacial score (nSPS) is 19.6. The maximum absolute atomic E-state index is 11.0. The number of methoxy groups -OCH3 is 2. The van der Waals surface area contributed by atoms with Crippen molar-refractivity contribution < 1.29 is 19.3 Å². The number of nitrogens with zero attached hydrogens (tertiary/aromatic N) is 1. The van der Waals surface area contributed by atoms with Gasteiger partial charge in [0.25, 0.3) is 0 Å². The molecular weight excluding hydrogens is 378 g/mol. The van der Waals surface area contributed by atoms with Gasteiger partial charge in [0, 0.05) is 24.2 Å². The van der Waals surface area contributed by atoms with Crippen LogP contribution in [0.4, 0.5) is 0 Å². The van der Waals surface area contributed by atoms with Crippen LogP contribution in [0.1, 0.15) is 13.8 Å². The van der Waals surface area contributed by atoms with Gasteiger partial charge in [0.05, 0.1) is 32.8 Å². The molecule has 0 spiro atoms. The third-order valence-corrected chi connectivity index (χ3v) is 6.35. The van der Waals surface area contributed by atoms with Crippen LogP contribution in [0.15, 0.2) is 41.6 Å². The van der Waals surface area contributed by atoms with Gasteiger partial charge in [-0.1, -0.05) is 19.9 Å². The van der Waals surface area contributed by atoms with E-state index in [0.29, 0.717) is 16.9 Å². The number of hydrogen-bond acceptors (Lipinski definition) is 5. The van der Waals surface area contributed by atoms with Gasteiger partial charge in [-0.3, -0.25) is 0 Å². The Bertz CT molecular complexity index is 1230. The maximum atomic E-state index is 11.0. The first-order chi connectivity index (χ1) is 14.4. The Kier molecular flexibility index (Phi) is 4.33. The second-order valence-corrected chi connectivity index (χ2v) is 8.59. The Balaban J connectivity index is 1.77. The number of ether oxygens (including phenoxy) is 3. The molecule has 0 aromatic heterocycles. The van der Waals surface area contributed by atoms with Crippen LogP contribution in [0.25, 0.3) is 22.4 Å². The molecule has 3 aliphatic rings. The Hall–Kier alpha value is -2.92. The standard InChI is InChI=1S/C25H27NO4/c1-25(2)14-16(26-7-9-30-10-8-26)11-15-12-18-17-5-6-21(28-3)24(29-4)22(17)20(27)13-19(18)23(15)25/h5-6,11-14,27H,7-10H2,1-4H3. The average Bonchev–Trinajstić information content (AvgIpc) is 3.12. The highest BCUT2D eigenvalue weighted by Gasteiger charge is 2.33. The largest absolute Gasteiger partial charge is 0.507 e. The zero-order valence-corrected chi connectivity index (χ0v) is 17.9. The average molecular weight is 405 g/mol. The molecule has 1 aliphatic heterocycles. The minimum Gasteiger partial charge on any atom is -0.507 e. The number of rotatable bonds is 3. The van der Waals surface area contributed by atoms with Gasteiger partial charge in [-0.2, -0.15) is 0 Å². The molecule has 1 fully saturated rings. The molecule has 2 aliphatic carbocycles. The molecule has 5 heteroatoms. The van der Waals surface area contributed by atoms with Gasteiger partial charge in [0.2, 0.25) is 0 Å². The second-order valence-electron chi connectivity index (χ2n) is 8.59. The SMILES string of the molecule is COc1ccc2c3c(cc(O)c2c1OC)=C1C(=CC(N2CCOCC2)=CC1(C)C)C=3. The summed E-state index contributed by atoms with van der Waals surface area (Å²) in [5.74, 6) is 1.38. The van der Waals surface area contributed by atoms with Crippen LogP contribution < -0.4 is 19.9 Å². The first kappa shape index (κ1) is 19.1. The number of benzene rings is 2. The Morgan fingerprint density at radius 3 is 2.53 bits per heavy atom. The molecule has 156 valence electrons. The van der Waals surface area contributed by atoms with Crippen LogP contribution >= 0.6 is 0 Å². The highest BCUT2D eigenvalue weighted by atomic mass is 16.5. The zero-order chi connectivity index (χ0) is 21.0. The monoisotopic (exact) mass is 405 g/mol. The fourth-order valence-electron chi connectivity index (χ4n) is 5.06. The van der Waals surface area contributed by atoms with E-state index in [1.165, 1.54) is 16.8 Å². The molecule has 0 unspecified atom stereocenters. The summed E-state index contributed by atoms with van der Waals surface area (Å²) in [5, 5.41) is 14.8. The van der Waals surface area contributed by atoms with Crippen LogP contribution in [0.3, 0.4) is 0 Å². The topological polar surface area (TPSA) is 51.2 Å². The summed E-state index contributed by atoms with van der Waals surface area (Å²) in [6.45, 7) is 7.84. The molecule has 2 aromatic carbocycles. The number of phenolic OH excluding ortho intramolecular Hbond substituents is 1. The number of allylic oxidation sites excluding steroid dienone is 3. The molecule has 30 heavy (non-hydrogen) atoms. The van der Waals surface area contributed by atoms with Crippen molar-refractivity contribution in [3.05, 3.63) is 52.1 Å². The van der Waals surface area contributed by atoms with Crippen molar-refractivity contribution in [2.75, 3.05) is 40.5 Å². The quantitative estimate of drug-likeness (QED) is 0.851. The smallest absolute Gasteiger partial charge is 0.172 e. The van der Waals surface area contributed by atoms with Crippen LogP contribution in [-0.4, -0.2) is 50.5 Å². The molecule has 2 aromatic rings. The summed E-state index contributed by atoms with van der Waals surface area (Å²) in [4.78, 5) is 2.40. The molecule has 0 bridgehead atoms. The van der Waals surface area contributed by atoms with E-state index in [-0.39, 0.29) is 11.2 Å². The first-order valence-electron chi connectivity index (χ1n) is 10.4. The van der Waals surface area contributed by atoms with Crippen molar-refractivity contribution in [3.63, 3.8) is 0 Å². The van der Waals surface area contributed by atoms with E-state index >= 15 is 0 Å². The Morgan fingerprint density at radius 1 is 1.07 bits per heavy atom. The van der Waals surface area contributed by atoms with E-state index in [4.69, 9.17) is 14.2 Å². The van der Waals surface area contributed by atoms with Crippen LogP contribution in [-0.2, 0) is 4.74 Å². The van der Waals surface area contributed by atoms with Gasteiger partial charge < -0.3 is 24.2 Å². The number of aromatic hydroxyl groups is 1. The predicted octanol–water partition coefficient (Wildman–Crippen LogP) is 2.69. The number of phenols is 1. The lowest BCUT2D eigenvalue weighted by Crippen LogP contribution is -2.37. The number of morpholine rings is 1. The lowest BCUT2D eigenvalue weighted by molar-refractivity contribution is 0.0548. The van der Waals surface area contributed by atoms with Crippen molar-refractivity contribution in [1.82, 2.24) is 4.90 Å². The predicted molar refractivity (Wildman–Crippen MR) is 118 cm³/mol. The summed E-state index contributed by atoms with van der Waals surface area (Å²) in [6, 6.07) is 5.79. The molecule has 0 radical (unpaired) electrons. The third-order valence-electron chi connectivity index (χ3n) is 6.35. The molecule has 0 amide bonds. The highest BCUT2D eigenvalue weighted by molar-refractivity contribution is 6.00. The summed E-state index contributed by atoms with van der Waals surface area (Å²) in [5.41, 5.74) is 3.55. The van der Waals surface area contributed by atoms with Crippen molar-refractivity contribution in [2.45, 2.75) is 13.8 Å². The summed E-state index contributed by atoms with van der Waals surface area (Å²) < 4.78 is 16.6. The zero-order valence-electron chi connectivity index (χ0n) is 17.9. The van der Waals surface area contributed by atoms with E-state index in [2.05, 4.69) is 37.0 Å². The fourth-order valence-corrected chi connectivity index (χ4v) is 5.06. The van der Waals surface area contributed by atoms with Gasteiger partial charge >= 0.3 is 0 Å². The molecule has 1 N–H and O–H groups in total. The van der Waals surface area contributed by atoms with Crippen molar-refractivity contribution >= 4 is 22.4 Å². The minimum absolute atomic E-state index is 0.157. The molecule has 5 nitrogen and oxygen atoms in total. The minimum atomic E-state index is -0.157. The summed E-state index contributed by atoms with van der Waals surface area (Å²) in [7, 11) is 3.21. The molecule has 0 atom stereocenters. The van der Waals surface area contributed by atoms with Crippen molar-refractivity contribution in [1.29, 1.82) is 0 Å². The summed E-state index contributed by atoms with van der Waals surface area (Å²) >= 11 is 0. The van der Waals surface area contributed by atoms with E-state index in [9.17, 15) is 5.11 Å². The lowest BCUT2D eigenvalue weighted by atomic mass is 9.76. The molecule has 1 heterocycles. The van der Waals surface area contributed by atoms with E-state index in [1.807, 2.05) is 18.2 Å². The van der Waals surface area contributed by atoms with Gasteiger partial charge in [0.15, 0.2) is 11.5 Å². The first-order valence-corrected chi connectivity index (χ1v) is 10.4. The molecular formula is C25H27NO4. The van der Waals surface area contributed by atoms with E-state index in [1.54, 1.807) is 14.2 Å². The van der Waals surface area contributed by atoms with Gasteiger partial charge in [-0.25, -0.2) is 0 Å². The van der Waals surface area contributed by atoms with Crippen LogP contribution in [0.5, 0.6) is 17.2 Å². The van der Waals surface area contributed by atoms with E-state index < -0.39 is 0 Å². The molecule has 5 rings (SSSR count).